The largest absolute Gasteiger partial charge is 0.341 e. The van der Waals surface area contributed by atoms with Gasteiger partial charge < -0.3 is 10.2 Å². The monoisotopic (exact) mass is 410 g/mol. The van der Waals surface area contributed by atoms with Gasteiger partial charge in [-0.1, -0.05) is 71.1 Å². The van der Waals surface area contributed by atoms with E-state index in [-0.39, 0.29) is 11.2 Å². The number of benzene rings is 2. The van der Waals surface area contributed by atoms with Crippen LogP contribution in [0.15, 0.2) is 58.9 Å². The molecule has 1 aromatic heterocycles. The predicted octanol–water partition coefficient (Wildman–Crippen LogP) is 5.05. The standard InChI is InChI=1S/C21H22N4OS2/c1-15-9-11-17(12-10-15)22-20-23-24-21(28-20)27-18(16-7-3-2-4-8-16)19(26)25-13-5-6-14-25/h2-4,7-12,18H,5-6,13-14H2,1H3,(H,22,23). The summed E-state index contributed by atoms with van der Waals surface area (Å²) in [5.74, 6) is 0.164. The van der Waals surface area contributed by atoms with Crippen molar-refractivity contribution in [1.29, 1.82) is 0 Å². The molecule has 2 heterocycles. The Morgan fingerprint density at radius 1 is 1.07 bits per heavy atom. The van der Waals surface area contributed by atoms with Gasteiger partial charge in [0.2, 0.25) is 11.0 Å². The van der Waals surface area contributed by atoms with Crippen LogP contribution < -0.4 is 5.32 Å². The van der Waals surface area contributed by atoms with Crippen LogP contribution in [0.25, 0.3) is 0 Å². The number of nitrogens with one attached hydrogen (secondary N) is 1. The van der Waals surface area contributed by atoms with Crippen LogP contribution in [-0.2, 0) is 4.79 Å². The van der Waals surface area contributed by atoms with Crippen molar-refractivity contribution in [3.8, 4) is 0 Å². The zero-order chi connectivity index (χ0) is 19.3. The summed E-state index contributed by atoms with van der Waals surface area (Å²) in [7, 11) is 0. The van der Waals surface area contributed by atoms with E-state index in [4.69, 9.17) is 0 Å². The number of aromatic nitrogens is 2. The molecule has 0 bridgehead atoms. The number of rotatable bonds is 6. The van der Waals surface area contributed by atoms with Crippen LogP contribution in [0.3, 0.4) is 0 Å². The van der Waals surface area contributed by atoms with Gasteiger partial charge in [0.15, 0.2) is 4.34 Å². The topological polar surface area (TPSA) is 58.1 Å². The van der Waals surface area contributed by atoms with Gasteiger partial charge in [-0.25, -0.2) is 0 Å². The van der Waals surface area contributed by atoms with Crippen molar-refractivity contribution in [2.24, 2.45) is 0 Å². The molecule has 0 aliphatic carbocycles. The normalized spacial score (nSPS) is 14.8. The molecule has 1 fully saturated rings. The van der Waals surface area contributed by atoms with Gasteiger partial charge >= 0.3 is 0 Å². The fourth-order valence-electron chi connectivity index (χ4n) is 3.16. The Kier molecular flexibility index (Phi) is 5.92. The first-order valence-corrected chi connectivity index (χ1v) is 11.1. The van der Waals surface area contributed by atoms with Crippen molar-refractivity contribution in [2.45, 2.75) is 29.4 Å². The van der Waals surface area contributed by atoms with Crippen LogP contribution in [-0.4, -0.2) is 34.1 Å². The molecule has 7 heteroatoms. The van der Waals surface area contributed by atoms with Crippen LogP contribution >= 0.6 is 23.1 Å². The molecule has 1 N–H and O–H groups in total. The van der Waals surface area contributed by atoms with E-state index in [0.717, 1.165) is 46.7 Å². The fourth-order valence-corrected chi connectivity index (χ4v) is 5.21. The molecule has 1 aliphatic rings. The first-order chi connectivity index (χ1) is 13.7. The molecule has 1 amide bonds. The van der Waals surface area contributed by atoms with Crippen LogP contribution in [0, 0.1) is 6.92 Å². The molecular formula is C21H22N4OS2. The second-order valence-corrected chi connectivity index (χ2v) is 9.13. The van der Waals surface area contributed by atoms with Gasteiger partial charge in [-0.3, -0.25) is 4.79 Å². The highest BCUT2D eigenvalue weighted by atomic mass is 32.2. The molecule has 144 valence electrons. The van der Waals surface area contributed by atoms with Gasteiger partial charge in [0.1, 0.15) is 5.25 Å². The van der Waals surface area contributed by atoms with E-state index in [9.17, 15) is 4.79 Å². The number of carbonyl (C=O) groups is 1. The number of amides is 1. The average molecular weight is 411 g/mol. The van der Waals surface area contributed by atoms with Crippen molar-refractivity contribution >= 4 is 39.8 Å². The summed E-state index contributed by atoms with van der Waals surface area (Å²) in [5.41, 5.74) is 3.20. The van der Waals surface area contributed by atoms with Gasteiger partial charge in [-0.15, -0.1) is 10.2 Å². The lowest BCUT2D eigenvalue weighted by atomic mass is 10.1. The van der Waals surface area contributed by atoms with Gasteiger partial charge in [0.25, 0.3) is 0 Å². The minimum atomic E-state index is -0.292. The van der Waals surface area contributed by atoms with E-state index in [1.807, 2.05) is 47.4 Å². The maximum atomic E-state index is 13.1. The van der Waals surface area contributed by atoms with Gasteiger partial charge in [-0.2, -0.15) is 0 Å². The van der Waals surface area contributed by atoms with Crippen LogP contribution in [0.1, 0.15) is 29.2 Å². The smallest absolute Gasteiger partial charge is 0.240 e. The summed E-state index contributed by atoms with van der Waals surface area (Å²) in [4.78, 5) is 15.1. The molecule has 2 aromatic carbocycles. The number of thioether (sulfide) groups is 1. The highest BCUT2D eigenvalue weighted by molar-refractivity contribution is 8.01. The molecule has 4 rings (SSSR count). The van der Waals surface area contributed by atoms with Crippen molar-refractivity contribution in [3.63, 3.8) is 0 Å². The third kappa shape index (κ3) is 4.54. The number of carbonyl (C=O) groups excluding carboxylic acids is 1. The zero-order valence-electron chi connectivity index (χ0n) is 15.7. The van der Waals surface area contributed by atoms with Crippen LogP contribution in [0.4, 0.5) is 10.8 Å². The Balaban J connectivity index is 1.51. The van der Waals surface area contributed by atoms with Crippen LogP contribution in [0.2, 0.25) is 0 Å². The van der Waals surface area contributed by atoms with E-state index >= 15 is 0 Å². The Morgan fingerprint density at radius 2 is 1.79 bits per heavy atom. The number of hydrogen-bond donors (Lipinski definition) is 1. The Bertz CT molecular complexity index is 921. The molecule has 28 heavy (non-hydrogen) atoms. The lowest BCUT2D eigenvalue weighted by molar-refractivity contribution is -0.129. The van der Waals surface area contributed by atoms with Gasteiger partial charge in [-0.05, 0) is 37.5 Å². The van der Waals surface area contributed by atoms with E-state index in [0.29, 0.717) is 0 Å². The second kappa shape index (κ2) is 8.75. The van der Waals surface area contributed by atoms with Crippen LogP contribution in [0.5, 0.6) is 0 Å². The van der Waals surface area contributed by atoms with E-state index < -0.39 is 0 Å². The number of nitrogens with zero attached hydrogens (tertiary/aromatic N) is 3. The van der Waals surface area contributed by atoms with Crippen molar-refractivity contribution in [3.05, 3.63) is 65.7 Å². The third-order valence-corrected chi connectivity index (χ3v) is 6.84. The summed E-state index contributed by atoms with van der Waals surface area (Å²) in [6, 6.07) is 18.1. The summed E-state index contributed by atoms with van der Waals surface area (Å²) >= 11 is 2.96. The Labute approximate surface area is 173 Å². The van der Waals surface area contributed by atoms with Crippen molar-refractivity contribution in [1.82, 2.24) is 15.1 Å². The Morgan fingerprint density at radius 3 is 2.50 bits per heavy atom. The van der Waals surface area contributed by atoms with Crippen molar-refractivity contribution < 1.29 is 4.79 Å². The number of anilines is 2. The maximum Gasteiger partial charge on any atom is 0.240 e. The number of hydrogen-bond acceptors (Lipinski definition) is 6. The predicted molar refractivity (Wildman–Crippen MR) is 115 cm³/mol. The molecule has 1 saturated heterocycles. The minimum absolute atomic E-state index is 0.164. The molecule has 0 radical (unpaired) electrons. The second-order valence-electron chi connectivity index (χ2n) is 6.81. The first-order valence-electron chi connectivity index (χ1n) is 9.36. The molecule has 1 unspecified atom stereocenters. The molecular weight excluding hydrogens is 388 g/mol. The van der Waals surface area contributed by atoms with Crippen molar-refractivity contribution in [2.75, 3.05) is 18.4 Å². The lowest BCUT2D eigenvalue weighted by Gasteiger charge is -2.22. The molecule has 3 aromatic rings. The fraction of sp³-hybridized carbons (Fsp3) is 0.286. The molecule has 0 spiro atoms. The molecule has 5 nitrogen and oxygen atoms in total. The summed E-state index contributed by atoms with van der Waals surface area (Å²) < 4.78 is 0.788. The highest BCUT2D eigenvalue weighted by Crippen LogP contribution is 2.40. The van der Waals surface area contributed by atoms with E-state index in [2.05, 4.69) is 34.6 Å². The SMILES string of the molecule is Cc1ccc(Nc2nnc(SC(C(=O)N3CCCC3)c3ccccc3)s2)cc1. The lowest BCUT2D eigenvalue weighted by Crippen LogP contribution is -2.31. The molecule has 0 saturated carbocycles. The van der Waals surface area contributed by atoms with Gasteiger partial charge in [0, 0.05) is 18.8 Å². The van der Waals surface area contributed by atoms with E-state index in [1.54, 1.807) is 0 Å². The number of aryl methyl sites for hydroxylation is 1. The Hall–Kier alpha value is -2.38. The maximum absolute atomic E-state index is 13.1. The summed E-state index contributed by atoms with van der Waals surface area (Å²) in [6.45, 7) is 3.75. The summed E-state index contributed by atoms with van der Waals surface area (Å²) in [5, 5.41) is 12.3. The first kappa shape index (κ1) is 19.0. The average Bonchev–Trinajstić information content (AvgIpc) is 3.40. The molecule has 1 aliphatic heterocycles. The quantitative estimate of drug-likeness (QED) is 0.577. The van der Waals surface area contributed by atoms with Gasteiger partial charge in [0.05, 0.1) is 0 Å². The zero-order valence-corrected chi connectivity index (χ0v) is 17.3. The molecule has 1 atom stereocenters. The minimum Gasteiger partial charge on any atom is -0.341 e. The number of likely N-dealkylation sites (tertiary alicyclic amines) is 1. The third-order valence-electron chi connectivity index (χ3n) is 4.67. The summed E-state index contributed by atoms with van der Waals surface area (Å²) in [6.07, 6.45) is 2.17. The highest BCUT2D eigenvalue weighted by Gasteiger charge is 2.29. The van der Waals surface area contributed by atoms with E-state index in [1.165, 1.54) is 28.7 Å².